The summed E-state index contributed by atoms with van der Waals surface area (Å²) < 4.78 is 16.1. The van der Waals surface area contributed by atoms with Crippen molar-refractivity contribution in [3.8, 4) is 11.4 Å². The molecule has 1 aromatic heterocycles. The Labute approximate surface area is 123 Å². The molecule has 2 heterocycles. The second-order valence-corrected chi connectivity index (χ2v) is 5.25. The summed E-state index contributed by atoms with van der Waals surface area (Å²) in [6, 6.07) is 6.58. The van der Waals surface area contributed by atoms with E-state index < -0.39 is 0 Å². The summed E-state index contributed by atoms with van der Waals surface area (Å²) in [6.07, 6.45) is 3.99. The average molecular weight is 287 g/mol. The van der Waals surface area contributed by atoms with Crippen molar-refractivity contribution in [2.24, 2.45) is 0 Å². The van der Waals surface area contributed by atoms with Crippen molar-refractivity contribution in [3.05, 3.63) is 41.5 Å². The van der Waals surface area contributed by atoms with Crippen LogP contribution in [0.4, 0.5) is 4.39 Å². The first-order chi connectivity index (χ1) is 10.2. The van der Waals surface area contributed by atoms with Crippen molar-refractivity contribution in [3.63, 3.8) is 0 Å². The zero-order chi connectivity index (χ0) is 14.8. The molecule has 110 valence electrons. The van der Waals surface area contributed by atoms with Gasteiger partial charge in [0, 0.05) is 13.6 Å². The Morgan fingerprint density at radius 3 is 2.86 bits per heavy atom. The van der Waals surface area contributed by atoms with Gasteiger partial charge in [0.2, 0.25) is 0 Å². The van der Waals surface area contributed by atoms with Crippen LogP contribution in [0.5, 0.6) is 0 Å². The summed E-state index contributed by atoms with van der Waals surface area (Å²) in [5.41, 5.74) is 1.80. The summed E-state index contributed by atoms with van der Waals surface area (Å²) in [5, 5.41) is 2.62. The Balaban J connectivity index is 2.19. The number of nitrogens with one attached hydrogen (secondary N) is 1. The highest BCUT2D eigenvalue weighted by atomic mass is 19.1. The minimum Gasteiger partial charge on any atom is -0.354 e. The predicted octanol–water partition coefficient (Wildman–Crippen LogP) is 2.78. The third kappa shape index (κ3) is 2.44. The minimum absolute atomic E-state index is 0.205. The van der Waals surface area contributed by atoms with Gasteiger partial charge in [-0.05, 0) is 31.4 Å². The molecule has 21 heavy (non-hydrogen) atoms. The zero-order valence-electron chi connectivity index (χ0n) is 12.0. The van der Waals surface area contributed by atoms with E-state index in [9.17, 15) is 9.18 Å². The van der Waals surface area contributed by atoms with Gasteiger partial charge in [-0.1, -0.05) is 18.6 Å². The molecule has 1 aromatic carbocycles. The lowest BCUT2D eigenvalue weighted by molar-refractivity contribution is 0.0957. The Kier molecular flexibility index (Phi) is 3.73. The van der Waals surface area contributed by atoms with Gasteiger partial charge in [-0.3, -0.25) is 4.79 Å². The van der Waals surface area contributed by atoms with Gasteiger partial charge in [0.1, 0.15) is 17.3 Å². The first kappa shape index (κ1) is 13.8. The van der Waals surface area contributed by atoms with Crippen LogP contribution in [0.25, 0.3) is 11.4 Å². The molecule has 5 heteroatoms. The van der Waals surface area contributed by atoms with Gasteiger partial charge in [-0.15, -0.1) is 0 Å². The second-order valence-electron chi connectivity index (χ2n) is 5.25. The van der Waals surface area contributed by atoms with Gasteiger partial charge in [-0.25, -0.2) is 9.37 Å². The lowest BCUT2D eigenvalue weighted by Gasteiger charge is -2.09. The van der Waals surface area contributed by atoms with E-state index in [-0.39, 0.29) is 11.7 Å². The van der Waals surface area contributed by atoms with Gasteiger partial charge in [0.15, 0.2) is 0 Å². The number of amides is 1. The molecule has 2 aromatic rings. The van der Waals surface area contributed by atoms with Crippen molar-refractivity contribution < 1.29 is 9.18 Å². The highest BCUT2D eigenvalue weighted by Crippen LogP contribution is 2.28. The molecule has 0 unspecified atom stereocenters. The van der Waals surface area contributed by atoms with Gasteiger partial charge < -0.3 is 9.88 Å². The molecule has 0 atom stereocenters. The van der Waals surface area contributed by atoms with Gasteiger partial charge in [0.05, 0.1) is 11.3 Å². The molecule has 3 rings (SSSR count). The maximum Gasteiger partial charge on any atom is 0.271 e. The van der Waals surface area contributed by atoms with E-state index in [0.29, 0.717) is 17.1 Å². The molecule has 0 saturated carbocycles. The summed E-state index contributed by atoms with van der Waals surface area (Å²) in [6.45, 7) is 0.781. The molecular formula is C16H18FN3O. The van der Waals surface area contributed by atoms with Crippen LogP contribution in [0.3, 0.4) is 0 Å². The van der Waals surface area contributed by atoms with Gasteiger partial charge in [0.25, 0.3) is 5.91 Å². The van der Waals surface area contributed by atoms with E-state index >= 15 is 0 Å². The number of hydrogen-bond acceptors (Lipinski definition) is 2. The van der Waals surface area contributed by atoms with E-state index in [0.717, 1.165) is 37.9 Å². The van der Waals surface area contributed by atoms with Crippen molar-refractivity contribution in [2.45, 2.75) is 32.2 Å². The number of halogens is 1. The average Bonchev–Trinajstić information content (AvgIpc) is 2.69. The number of rotatable bonds is 2. The van der Waals surface area contributed by atoms with Crippen LogP contribution in [0.2, 0.25) is 0 Å². The normalized spacial score (nSPS) is 14.4. The number of imidazole rings is 1. The van der Waals surface area contributed by atoms with Crippen LogP contribution in [-0.2, 0) is 13.0 Å². The fourth-order valence-corrected chi connectivity index (χ4v) is 2.87. The molecule has 0 spiro atoms. The molecule has 0 fully saturated rings. The quantitative estimate of drug-likeness (QED) is 0.923. The molecule has 0 radical (unpaired) electrons. The van der Waals surface area contributed by atoms with Crippen LogP contribution >= 0.6 is 0 Å². The Morgan fingerprint density at radius 2 is 2.10 bits per heavy atom. The van der Waals surface area contributed by atoms with E-state index in [2.05, 4.69) is 10.3 Å². The topological polar surface area (TPSA) is 46.9 Å². The first-order valence-electron chi connectivity index (χ1n) is 7.28. The maximum atomic E-state index is 14.1. The first-order valence-corrected chi connectivity index (χ1v) is 7.28. The third-order valence-corrected chi connectivity index (χ3v) is 3.92. The maximum absolute atomic E-state index is 14.1. The van der Waals surface area contributed by atoms with Crippen molar-refractivity contribution >= 4 is 5.91 Å². The Bertz CT molecular complexity index is 678. The second kappa shape index (κ2) is 5.68. The largest absolute Gasteiger partial charge is 0.354 e. The van der Waals surface area contributed by atoms with E-state index in [1.165, 1.54) is 6.07 Å². The Hall–Kier alpha value is -2.17. The monoisotopic (exact) mass is 287 g/mol. The third-order valence-electron chi connectivity index (χ3n) is 3.92. The molecule has 1 N–H and O–H groups in total. The number of hydrogen-bond donors (Lipinski definition) is 1. The smallest absolute Gasteiger partial charge is 0.271 e. The number of carbonyl (C=O) groups excluding carboxylic acids is 1. The highest BCUT2D eigenvalue weighted by Gasteiger charge is 2.24. The fourth-order valence-electron chi connectivity index (χ4n) is 2.87. The molecule has 1 aliphatic rings. The summed E-state index contributed by atoms with van der Waals surface area (Å²) in [7, 11) is 1.59. The van der Waals surface area contributed by atoms with Crippen LogP contribution in [-0.4, -0.2) is 22.5 Å². The molecule has 0 bridgehead atoms. The zero-order valence-corrected chi connectivity index (χ0v) is 12.0. The standard InChI is InChI=1S/C16H18FN3O/c1-18-16(21)14-13-9-3-2-6-10-20(13)15(19-14)11-7-4-5-8-12(11)17/h4-5,7-8H,2-3,6,9-10H2,1H3,(H,18,21). The molecule has 4 nitrogen and oxygen atoms in total. The Morgan fingerprint density at radius 1 is 1.29 bits per heavy atom. The molecule has 0 saturated heterocycles. The molecule has 1 aliphatic heterocycles. The lowest BCUT2D eigenvalue weighted by Crippen LogP contribution is -2.20. The van der Waals surface area contributed by atoms with Crippen molar-refractivity contribution in [1.29, 1.82) is 0 Å². The summed E-state index contributed by atoms with van der Waals surface area (Å²) in [4.78, 5) is 16.5. The summed E-state index contributed by atoms with van der Waals surface area (Å²) in [5.74, 6) is 0.0462. The highest BCUT2D eigenvalue weighted by molar-refractivity contribution is 5.94. The van der Waals surface area contributed by atoms with Crippen LogP contribution in [0, 0.1) is 5.82 Å². The van der Waals surface area contributed by atoms with Crippen molar-refractivity contribution in [1.82, 2.24) is 14.9 Å². The predicted molar refractivity (Wildman–Crippen MR) is 78.6 cm³/mol. The van der Waals surface area contributed by atoms with Gasteiger partial charge >= 0.3 is 0 Å². The SMILES string of the molecule is CNC(=O)c1nc(-c2ccccc2F)n2c1CCCCC2. The number of aromatic nitrogens is 2. The number of carbonyl (C=O) groups is 1. The molecule has 0 aliphatic carbocycles. The lowest BCUT2D eigenvalue weighted by atomic mass is 10.1. The van der Waals surface area contributed by atoms with Crippen LogP contribution in [0.15, 0.2) is 24.3 Å². The minimum atomic E-state index is -0.307. The number of benzene rings is 1. The number of nitrogens with zero attached hydrogens (tertiary/aromatic N) is 2. The molecular weight excluding hydrogens is 269 g/mol. The van der Waals surface area contributed by atoms with E-state index in [4.69, 9.17) is 0 Å². The number of fused-ring (bicyclic) bond motifs is 1. The molecule has 1 amide bonds. The van der Waals surface area contributed by atoms with Crippen molar-refractivity contribution in [2.75, 3.05) is 7.05 Å². The van der Waals surface area contributed by atoms with Crippen LogP contribution < -0.4 is 5.32 Å². The van der Waals surface area contributed by atoms with Gasteiger partial charge in [-0.2, -0.15) is 0 Å². The summed E-state index contributed by atoms with van der Waals surface area (Å²) >= 11 is 0. The van der Waals surface area contributed by atoms with E-state index in [1.54, 1.807) is 25.2 Å². The van der Waals surface area contributed by atoms with Crippen LogP contribution in [0.1, 0.15) is 35.4 Å². The van der Waals surface area contributed by atoms with E-state index in [1.807, 2.05) is 4.57 Å². The fraction of sp³-hybridized carbons (Fsp3) is 0.375.